The van der Waals surface area contributed by atoms with Crippen molar-refractivity contribution in [2.45, 2.75) is 52.2 Å². The first-order chi connectivity index (χ1) is 14.6. The number of benzene rings is 2. The van der Waals surface area contributed by atoms with Gasteiger partial charge in [-0.1, -0.05) is 23.8 Å². The lowest BCUT2D eigenvalue weighted by atomic mass is 9.93. The van der Waals surface area contributed by atoms with Gasteiger partial charge in [0.2, 0.25) is 5.43 Å². The molecule has 2 heterocycles. The van der Waals surface area contributed by atoms with Crippen molar-refractivity contribution in [3.05, 3.63) is 63.5 Å². The van der Waals surface area contributed by atoms with Crippen LogP contribution in [-0.4, -0.2) is 27.0 Å². The summed E-state index contributed by atoms with van der Waals surface area (Å²) < 4.78 is 12.0. The van der Waals surface area contributed by atoms with E-state index in [2.05, 4.69) is 0 Å². The lowest BCUT2D eigenvalue weighted by Crippen LogP contribution is -2.39. The summed E-state index contributed by atoms with van der Waals surface area (Å²) in [6, 6.07) is 6.22. The van der Waals surface area contributed by atoms with Gasteiger partial charge in [0.05, 0.1) is 11.2 Å². The molecular weight excluding hydrogens is 396 g/mol. The van der Waals surface area contributed by atoms with Crippen molar-refractivity contribution >= 4 is 11.0 Å². The van der Waals surface area contributed by atoms with Crippen LogP contribution in [0.25, 0.3) is 22.1 Å². The third kappa shape index (κ3) is 3.68. The Bertz CT molecular complexity index is 1240. The molecule has 1 aliphatic heterocycles. The molecule has 31 heavy (non-hydrogen) atoms. The second-order valence-corrected chi connectivity index (χ2v) is 8.81. The predicted molar refractivity (Wildman–Crippen MR) is 119 cm³/mol. The summed E-state index contributed by atoms with van der Waals surface area (Å²) in [6.07, 6.45) is 3.56. The van der Waals surface area contributed by atoms with E-state index in [1.807, 2.05) is 19.9 Å². The number of hydrogen-bond acceptors (Lipinski definition) is 6. The van der Waals surface area contributed by atoms with Gasteiger partial charge in [-0.05, 0) is 51.8 Å². The summed E-state index contributed by atoms with van der Waals surface area (Å²) in [5, 5.41) is 31.2. The molecule has 0 radical (unpaired) electrons. The summed E-state index contributed by atoms with van der Waals surface area (Å²) in [5.74, 6) is 0.385. The SMILES string of the molecule is CC(C)=CCc1c2c(c(O)c3c(=O)c(-c4ccc(O)cc4)coc13)CC(C(C)(C)O)O2. The fourth-order valence-electron chi connectivity index (χ4n) is 3.88. The average Bonchev–Trinajstić information content (AvgIpc) is 3.15. The molecule has 162 valence electrons. The number of hydrogen-bond donors (Lipinski definition) is 3. The highest BCUT2D eigenvalue weighted by molar-refractivity contribution is 5.93. The minimum atomic E-state index is -1.12. The normalized spacial score (nSPS) is 15.6. The van der Waals surface area contributed by atoms with Gasteiger partial charge in [0.1, 0.15) is 40.6 Å². The Morgan fingerprint density at radius 1 is 1.19 bits per heavy atom. The van der Waals surface area contributed by atoms with E-state index in [4.69, 9.17) is 9.15 Å². The van der Waals surface area contributed by atoms with Gasteiger partial charge in [-0.2, -0.15) is 0 Å². The highest BCUT2D eigenvalue weighted by atomic mass is 16.5. The van der Waals surface area contributed by atoms with Crippen LogP contribution in [0.4, 0.5) is 0 Å². The molecule has 1 unspecified atom stereocenters. The third-order valence-electron chi connectivity index (χ3n) is 5.67. The highest BCUT2D eigenvalue weighted by Gasteiger charge is 2.39. The highest BCUT2D eigenvalue weighted by Crippen LogP contribution is 2.46. The fraction of sp³-hybridized carbons (Fsp3) is 0.320. The van der Waals surface area contributed by atoms with E-state index in [1.54, 1.807) is 26.0 Å². The van der Waals surface area contributed by atoms with Crippen molar-refractivity contribution in [2.24, 2.45) is 0 Å². The van der Waals surface area contributed by atoms with Gasteiger partial charge in [0.25, 0.3) is 0 Å². The predicted octanol–water partition coefficient (Wildman–Crippen LogP) is 4.45. The Kier molecular flexibility index (Phi) is 5.06. The van der Waals surface area contributed by atoms with Crippen LogP contribution in [-0.2, 0) is 12.8 Å². The maximum Gasteiger partial charge on any atom is 0.204 e. The summed E-state index contributed by atoms with van der Waals surface area (Å²) in [6.45, 7) is 7.26. The van der Waals surface area contributed by atoms with E-state index in [0.29, 0.717) is 28.9 Å². The number of aliphatic hydroxyl groups is 1. The van der Waals surface area contributed by atoms with E-state index in [0.717, 1.165) is 5.57 Å². The largest absolute Gasteiger partial charge is 0.508 e. The molecule has 0 amide bonds. The molecule has 0 aliphatic carbocycles. The van der Waals surface area contributed by atoms with Crippen LogP contribution in [0.5, 0.6) is 17.2 Å². The molecule has 1 aliphatic rings. The standard InChI is InChI=1S/C25H26O6/c1-13(2)5-10-16-23-17(11-19(31-23)25(3,4)29)21(27)20-22(28)18(12-30-24(16)20)14-6-8-15(26)9-7-14/h5-9,12,19,26-27,29H,10-11H2,1-4H3. The van der Waals surface area contributed by atoms with Crippen LogP contribution in [0.3, 0.4) is 0 Å². The molecule has 1 aromatic heterocycles. The molecule has 6 nitrogen and oxygen atoms in total. The van der Waals surface area contributed by atoms with E-state index >= 15 is 0 Å². The molecule has 2 aromatic carbocycles. The lowest BCUT2D eigenvalue weighted by molar-refractivity contribution is -0.0232. The second-order valence-electron chi connectivity index (χ2n) is 8.81. The van der Waals surface area contributed by atoms with Gasteiger partial charge >= 0.3 is 0 Å². The van der Waals surface area contributed by atoms with Gasteiger partial charge in [-0.25, -0.2) is 0 Å². The number of fused-ring (bicyclic) bond motifs is 2. The van der Waals surface area contributed by atoms with Crippen LogP contribution in [0.15, 0.2) is 51.4 Å². The van der Waals surface area contributed by atoms with Crippen LogP contribution in [0, 0.1) is 0 Å². The maximum absolute atomic E-state index is 13.4. The molecule has 0 fully saturated rings. The van der Waals surface area contributed by atoms with Crippen molar-refractivity contribution in [1.29, 1.82) is 0 Å². The summed E-state index contributed by atoms with van der Waals surface area (Å²) >= 11 is 0. The molecule has 4 rings (SSSR count). The number of rotatable bonds is 4. The smallest absolute Gasteiger partial charge is 0.204 e. The second kappa shape index (κ2) is 7.46. The van der Waals surface area contributed by atoms with E-state index in [1.165, 1.54) is 18.4 Å². The van der Waals surface area contributed by atoms with E-state index in [9.17, 15) is 20.1 Å². The molecule has 0 saturated carbocycles. The zero-order valence-corrected chi connectivity index (χ0v) is 18.0. The Hall–Kier alpha value is -3.25. The fourth-order valence-corrected chi connectivity index (χ4v) is 3.88. The van der Waals surface area contributed by atoms with Crippen molar-refractivity contribution < 1.29 is 24.5 Å². The van der Waals surface area contributed by atoms with Crippen molar-refractivity contribution in [1.82, 2.24) is 0 Å². The Labute approximate surface area is 180 Å². The Morgan fingerprint density at radius 2 is 1.87 bits per heavy atom. The number of aromatic hydroxyl groups is 2. The molecule has 3 N–H and O–H groups in total. The van der Waals surface area contributed by atoms with Gasteiger partial charge in [-0.3, -0.25) is 4.79 Å². The van der Waals surface area contributed by atoms with Crippen molar-refractivity contribution in [2.75, 3.05) is 0 Å². The molecule has 1 atom stereocenters. The Morgan fingerprint density at radius 3 is 2.48 bits per heavy atom. The van der Waals surface area contributed by atoms with Gasteiger partial charge in [-0.15, -0.1) is 0 Å². The minimum absolute atomic E-state index is 0.0911. The quantitative estimate of drug-likeness (QED) is 0.537. The third-order valence-corrected chi connectivity index (χ3v) is 5.67. The number of phenolic OH excluding ortho intramolecular Hbond substituents is 2. The van der Waals surface area contributed by atoms with Gasteiger partial charge in [0.15, 0.2) is 0 Å². The Balaban J connectivity index is 1.99. The van der Waals surface area contributed by atoms with Crippen LogP contribution in [0.1, 0.15) is 38.8 Å². The summed E-state index contributed by atoms with van der Waals surface area (Å²) in [4.78, 5) is 13.4. The molecule has 0 saturated heterocycles. The van der Waals surface area contributed by atoms with Crippen molar-refractivity contribution in [3.8, 4) is 28.4 Å². The zero-order chi connectivity index (χ0) is 22.5. The van der Waals surface area contributed by atoms with E-state index in [-0.39, 0.29) is 39.9 Å². The lowest BCUT2D eigenvalue weighted by Gasteiger charge is -2.24. The molecule has 0 spiro atoms. The van der Waals surface area contributed by atoms with Crippen LogP contribution in [0.2, 0.25) is 0 Å². The van der Waals surface area contributed by atoms with Crippen LogP contribution >= 0.6 is 0 Å². The van der Waals surface area contributed by atoms with E-state index < -0.39 is 11.7 Å². The number of ether oxygens (including phenoxy) is 1. The van der Waals surface area contributed by atoms with Crippen LogP contribution < -0.4 is 10.2 Å². The zero-order valence-electron chi connectivity index (χ0n) is 18.0. The monoisotopic (exact) mass is 422 g/mol. The van der Waals surface area contributed by atoms with Gasteiger partial charge in [0, 0.05) is 17.5 Å². The van der Waals surface area contributed by atoms with Gasteiger partial charge < -0.3 is 24.5 Å². The number of phenols is 2. The summed E-state index contributed by atoms with van der Waals surface area (Å²) in [5.41, 5.74) is 1.92. The molecular formula is C25H26O6. The topological polar surface area (TPSA) is 100 Å². The first-order valence-electron chi connectivity index (χ1n) is 10.2. The molecule has 0 bridgehead atoms. The molecule has 6 heteroatoms. The maximum atomic E-state index is 13.4. The minimum Gasteiger partial charge on any atom is -0.508 e. The average molecular weight is 422 g/mol. The summed E-state index contributed by atoms with van der Waals surface area (Å²) in [7, 11) is 0. The first kappa shape index (κ1) is 21.0. The number of allylic oxidation sites excluding steroid dienone is 2. The first-order valence-corrected chi connectivity index (χ1v) is 10.2. The van der Waals surface area contributed by atoms with Crippen molar-refractivity contribution in [3.63, 3.8) is 0 Å². The molecule has 3 aromatic rings.